The van der Waals surface area contributed by atoms with Gasteiger partial charge in [0.05, 0.1) is 32.8 Å². The SMILES string of the molecule is CC/C=C\C/C=C\C/C=C\C/C=C\C/C=C\CC(=O)OCC(COP(=O)(O)OCC(O)COP(=O)(O)OCC(COC(=O)CCCCCC/C=C\C/C=C\C/C=C\C/C=C\CC)OC(=O)CCCCCCCCC/C=C\C/C=C\C/C=C\CC)OC(=O)CCCCCCC/C=C\CCCC. The van der Waals surface area contributed by atoms with Crippen LogP contribution in [0.15, 0.2) is 158 Å². The molecule has 0 aliphatic carbocycles. The van der Waals surface area contributed by atoms with E-state index in [-0.39, 0.29) is 25.7 Å². The molecule has 0 aromatic carbocycles. The summed E-state index contributed by atoms with van der Waals surface area (Å²) in [6, 6.07) is 0. The van der Waals surface area contributed by atoms with Crippen LogP contribution in [0.2, 0.25) is 0 Å². The lowest BCUT2D eigenvalue weighted by molar-refractivity contribution is -0.161. The molecule has 5 unspecified atom stereocenters. The van der Waals surface area contributed by atoms with E-state index in [1.54, 1.807) is 6.08 Å². The molecular formula is C81H132O17P2. The topological polar surface area (TPSA) is 237 Å². The van der Waals surface area contributed by atoms with Gasteiger partial charge in [-0.3, -0.25) is 37.3 Å². The van der Waals surface area contributed by atoms with Crippen molar-refractivity contribution in [2.24, 2.45) is 0 Å². The Morgan fingerprint density at radius 3 is 0.900 bits per heavy atom. The van der Waals surface area contributed by atoms with Crippen molar-refractivity contribution in [1.29, 1.82) is 0 Å². The fourth-order valence-electron chi connectivity index (χ4n) is 9.34. The molecule has 0 saturated carbocycles. The molecule has 568 valence electrons. The first kappa shape index (κ1) is 94.7. The van der Waals surface area contributed by atoms with Gasteiger partial charge in [-0.2, -0.15) is 0 Å². The van der Waals surface area contributed by atoms with Gasteiger partial charge in [0.2, 0.25) is 0 Å². The molecule has 0 aromatic rings. The van der Waals surface area contributed by atoms with Crippen LogP contribution >= 0.6 is 15.6 Å². The Kier molecular flexibility index (Phi) is 68.2. The summed E-state index contributed by atoms with van der Waals surface area (Å²) in [5, 5.41) is 10.6. The molecule has 0 bridgehead atoms. The lowest BCUT2D eigenvalue weighted by Crippen LogP contribution is -2.30. The van der Waals surface area contributed by atoms with Gasteiger partial charge in [0, 0.05) is 19.3 Å². The van der Waals surface area contributed by atoms with Gasteiger partial charge in [-0.1, -0.05) is 263 Å². The maximum atomic E-state index is 13.1. The Labute approximate surface area is 604 Å². The summed E-state index contributed by atoms with van der Waals surface area (Å²) in [5.41, 5.74) is 0. The molecule has 3 N–H and O–H groups in total. The number of rotatable bonds is 69. The fourth-order valence-corrected chi connectivity index (χ4v) is 10.9. The number of aliphatic hydroxyl groups excluding tert-OH is 1. The zero-order valence-corrected chi connectivity index (χ0v) is 63.6. The summed E-state index contributed by atoms with van der Waals surface area (Å²) in [6.45, 7) is 4.30. The van der Waals surface area contributed by atoms with Gasteiger partial charge in [-0.05, 0) is 141 Å². The first-order valence-corrected chi connectivity index (χ1v) is 40.7. The lowest BCUT2D eigenvalue weighted by Gasteiger charge is -2.21. The third kappa shape index (κ3) is 71.1. The van der Waals surface area contributed by atoms with Crippen molar-refractivity contribution in [3.63, 3.8) is 0 Å². The van der Waals surface area contributed by atoms with E-state index in [1.165, 1.54) is 6.42 Å². The van der Waals surface area contributed by atoms with Crippen molar-refractivity contribution in [3.05, 3.63) is 158 Å². The predicted octanol–water partition coefficient (Wildman–Crippen LogP) is 21.7. The first-order valence-electron chi connectivity index (χ1n) is 37.7. The van der Waals surface area contributed by atoms with Gasteiger partial charge in [0.25, 0.3) is 0 Å². The highest BCUT2D eigenvalue weighted by atomic mass is 31.2. The van der Waals surface area contributed by atoms with Gasteiger partial charge in [-0.15, -0.1) is 0 Å². The van der Waals surface area contributed by atoms with Crippen molar-refractivity contribution in [2.45, 2.75) is 290 Å². The highest BCUT2D eigenvalue weighted by molar-refractivity contribution is 7.47. The van der Waals surface area contributed by atoms with Crippen LogP contribution in [0, 0.1) is 0 Å². The maximum absolute atomic E-state index is 13.1. The predicted molar refractivity (Wildman–Crippen MR) is 408 cm³/mol. The Bertz CT molecular complexity index is 2520. The van der Waals surface area contributed by atoms with Gasteiger partial charge in [0.1, 0.15) is 19.3 Å². The number of unbranched alkanes of at least 4 members (excludes halogenated alkanes) is 18. The van der Waals surface area contributed by atoms with Crippen molar-refractivity contribution in [2.75, 3.05) is 39.6 Å². The smallest absolute Gasteiger partial charge is 0.462 e. The van der Waals surface area contributed by atoms with Crippen molar-refractivity contribution < 1.29 is 80.2 Å². The Hall–Kier alpha value is -5.32. The number of allylic oxidation sites excluding steroid dienone is 25. The van der Waals surface area contributed by atoms with Crippen LogP contribution in [0.5, 0.6) is 0 Å². The van der Waals surface area contributed by atoms with E-state index in [4.69, 9.17) is 37.0 Å². The zero-order valence-electron chi connectivity index (χ0n) is 61.8. The number of phosphoric acid groups is 2. The van der Waals surface area contributed by atoms with Crippen LogP contribution in [-0.4, -0.2) is 96.7 Å². The summed E-state index contributed by atoms with van der Waals surface area (Å²) in [4.78, 5) is 72.8. The van der Waals surface area contributed by atoms with Gasteiger partial charge in [-0.25, -0.2) is 9.13 Å². The monoisotopic (exact) mass is 1440 g/mol. The van der Waals surface area contributed by atoms with Gasteiger partial charge in [0.15, 0.2) is 12.2 Å². The molecule has 0 rings (SSSR count). The average Bonchev–Trinajstić information content (AvgIpc) is 1.07. The van der Waals surface area contributed by atoms with Gasteiger partial charge >= 0.3 is 39.5 Å². The normalized spacial score (nSPS) is 14.8. The molecule has 5 atom stereocenters. The van der Waals surface area contributed by atoms with Crippen molar-refractivity contribution in [3.8, 4) is 0 Å². The molecule has 19 heteroatoms. The van der Waals surface area contributed by atoms with Crippen LogP contribution in [0.4, 0.5) is 0 Å². The van der Waals surface area contributed by atoms with E-state index in [9.17, 15) is 43.2 Å². The zero-order chi connectivity index (χ0) is 73.2. The summed E-state index contributed by atoms with van der Waals surface area (Å²) in [7, 11) is -10.00. The number of ether oxygens (including phenoxy) is 4. The minimum absolute atomic E-state index is 0.0599. The van der Waals surface area contributed by atoms with E-state index < -0.39 is 97.5 Å². The lowest BCUT2D eigenvalue weighted by atomic mass is 10.1. The molecule has 0 aromatic heterocycles. The van der Waals surface area contributed by atoms with Crippen LogP contribution < -0.4 is 0 Å². The van der Waals surface area contributed by atoms with Crippen LogP contribution in [0.25, 0.3) is 0 Å². The van der Waals surface area contributed by atoms with E-state index in [1.807, 2.05) is 18.2 Å². The largest absolute Gasteiger partial charge is 0.472 e. The minimum atomic E-state index is -5.00. The second-order valence-electron chi connectivity index (χ2n) is 24.5. The molecule has 0 fully saturated rings. The summed E-state index contributed by atoms with van der Waals surface area (Å²) in [6.07, 6.45) is 82.7. The van der Waals surface area contributed by atoms with Crippen LogP contribution in [-0.2, 0) is 65.4 Å². The van der Waals surface area contributed by atoms with E-state index in [0.717, 1.165) is 186 Å². The third-order valence-corrected chi connectivity index (χ3v) is 16.9. The molecule has 0 heterocycles. The van der Waals surface area contributed by atoms with Crippen LogP contribution in [0.1, 0.15) is 272 Å². The average molecular weight is 1440 g/mol. The Balaban J connectivity index is 5.44. The second kappa shape index (κ2) is 72.0. The Morgan fingerprint density at radius 1 is 0.300 bits per heavy atom. The van der Waals surface area contributed by atoms with Crippen LogP contribution in [0.3, 0.4) is 0 Å². The van der Waals surface area contributed by atoms with Crippen molar-refractivity contribution in [1.82, 2.24) is 0 Å². The number of aliphatic hydroxyl groups is 1. The number of esters is 4. The fraction of sp³-hybridized carbons (Fsp3) is 0.630. The van der Waals surface area contributed by atoms with Gasteiger partial charge < -0.3 is 33.8 Å². The molecule has 0 spiro atoms. The maximum Gasteiger partial charge on any atom is 0.472 e. The molecule has 0 radical (unpaired) electrons. The number of hydrogen-bond acceptors (Lipinski definition) is 15. The van der Waals surface area contributed by atoms with E-state index in [0.29, 0.717) is 25.7 Å². The van der Waals surface area contributed by atoms with Crippen molar-refractivity contribution >= 4 is 39.5 Å². The molecule has 17 nitrogen and oxygen atoms in total. The van der Waals surface area contributed by atoms with E-state index in [2.05, 4.69) is 161 Å². The highest BCUT2D eigenvalue weighted by Gasteiger charge is 2.30. The number of carbonyl (C=O) groups excluding carboxylic acids is 4. The minimum Gasteiger partial charge on any atom is -0.462 e. The molecule has 100 heavy (non-hydrogen) atoms. The number of carbonyl (C=O) groups is 4. The highest BCUT2D eigenvalue weighted by Crippen LogP contribution is 2.45. The third-order valence-electron chi connectivity index (χ3n) is 15.0. The molecule has 0 aliphatic rings. The number of phosphoric ester groups is 2. The second-order valence-corrected chi connectivity index (χ2v) is 27.4. The quantitative estimate of drug-likeness (QED) is 0.0169. The van der Waals surface area contributed by atoms with E-state index >= 15 is 0 Å². The molecule has 0 saturated heterocycles. The Morgan fingerprint density at radius 2 is 0.560 bits per heavy atom. The molecular weight excluding hydrogens is 1310 g/mol. The molecule has 0 amide bonds. The summed E-state index contributed by atoms with van der Waals surface area (Å²) in [5.74, 6) is -2.38. The summed E-state index contributed by atoms with van der Waals surface area (Å²) < 4.78 is 68.3. The molecule has 0 aliphatic heterocycles. The number of hydrogen-bond donors (Lipinski definition) is 3. The summed E-state index contributed by atoms with van der Waals surface area (Å²) >= 11 is 0. The standard InChI is InChI=1S/C81H132O17P2/c1-5-9-13-17-21-25-29-32-35-37-40-43-47-50-54-58-62-66-79(84)92-72-77(98-81(86)68-64-60-56-52-48-44-41-38-36-33-30-26-22-18-14-10-6-2)74-96-100(89,90)94-70-75(82)69-93-99(87,88)95-73-76(97-80(85)67-63-59-55-51-45-28-24-20-16-12-8-4)71-91-78(83)65-61-57-53-49-46-42-39-34-31-27-23-19-15-11-7-3/h9-11,13-15,20-27,32-36,39-40,43,46,49,57,61,75-77,82H,5-8,12,16-19,28-31,37-38,41-42,44-45,47-48,50-56,58-60,62-74H2,1-4H3,(H,87,88)(H,89,90)/b13-9-,14-10-,15-11-,24-20-,25-21-,26-22-,27-23-,35-32-,36-33-,39-34-,43-40-,49-46-,61-57-. The first-order chi connectivity index (χ1) is 48.7.